The van der Waals surface area contributed by atoms with E-state index in [9.17, 15) is 4.79 Å². The molecule has 0 fully saturated rings. The van der Waals surface area contributed by atoms with Gasteiger partial charge in [0.1, 0.15) is 0 Å². The minimum absolute atomic E-state index is 0.241. The molecule has 2 heterocycles. The van der Waals surface area contributed by atoms with E-state index in [1.165, 1.54) is 27.6 Å². The van der Waals surface area contributed by atoms with Gasteiger partial charge in [-0.25, -0.2) is 4.79 Å². The highest BCUT2D eigenvalue weighted by molar-refractivity contribution is 5.87. The van der Waals surface area contributed by atoms with Crippen LogP contribution in [0, 0.1) is 0 Å². The van der Waals surface area contributed by atoms with E-state index < -0.39 is 0 Å². The van der Waals surface area contributed by atoms with Crippen molar-refractivity contribution in [3.63, 3.8) is 0 Å². The second-order valence-corrected chi connectivity index (χ2v) is 6.47. The molecule has 0 atom stereocenters. The molecule has 0 spiro atoms. The molecule has 128 valence electrons. The van der Waals surface area contributed by atoms with Crippen molar-refractivity contribution in [1.82, 2.24) is 9.88 Å². The average molecular weight is 334 g/mol. The number of hydrogen-bond donors (Lipinski definition) is 1. The van der Waals surface area contributed by atoms with Crippen LogP contribution in [-0.2, 0) is 24.1 Å². The van der Waals surface area contributed by atoms with E-state index in [1.807, 2.05) is 17.9 Å². The fourth-order valence-electron chi connectivity index (χ4n) is 3.70. The molecule has 3 aromatic rings. The molecule has 0 saturated heterocycles. The number of carbonyl (C=O) groups is 1. The lowest BCUT2D eigenvalue weighted by Gasteiger charge is -2.24. The van der Waals surface area contributed by atoms with E-state index >= 15 is 0 Å². The number of fused-ring (bicyclic) bond motifs is 1. The van der Waals surface area contributed by atoms with Crippen molar-refractivity contribution in [1.29, 1.82) is 0 Å². The fraction of sp³-hybridized carbons (Fsp3) is 0.286. The lowest BCUT2D eigenvalue weighted by atomic mass is 9.95. The van der Waals surface area contributed by atoms with Gasteiger partial charge in [-0.2, -0.15) is 0 Å². The minimum Gasteiger partial charge on any atom is -0.450 e. The molecule has 25 heavy (non-hydrogen) atoms. The van der Waals surface area contributed by atoms with E-state index in [0.29, 0.717) is 19.7 Å². The Hall–Kier alpha value is -2.75. The summed E-state index contributed by atoms with van der Waals surface area (Å²) >= 11 is 0. The molecule has 4 heteroatoms. The summed E-state index contributed by atoms with van der Waals surface area (Å²) in [5, 5.41) is 1.23. The third-order valence-corrected chi connectivity index (χ3v) is 4.91. The number of carbonyl (C=O) groups excluding carboxylic acids is 1. The van der Waals surface area contributed by atoms with Gasteiger partial charge in [-0.1, -0.05) is 36.4 Å². The normalized spacial score (nSPS) is 14.2. The number of aromatic amines is 1. The predicted molar refractivity (Wildman–Crippen MR) is 98.7 cm³/mol. The number of amides is 1. The molecule has 4 nitrogen and oxygen atoms in total. The molecule has 2 aromatic carbocycles. The van der Waals surface area contributed by atoms with Gasteiger partial charge in [-0.3, -0.25) is 0 Å². The van der Waals surface area contributed by atoms with Crippen molar-refractivity contribution in [2.45, 2.75) is 26.3 Å². The first-order valence-corrected chi connectivity index (χ1v) is 8.82. The standard InChI is InChI=1S/C21H22N2O2/c1-2-25-21(24)23-11-10-15-6-3-4-7-16(15)12-18-13-22-19-9-5-8-17(14-23)20(18)19/h3-9,13,22H,2,10-12,14H2,1H3. The van der Waals surface area contributed by atoms with Crippen molar-refractivity contribution in [2.24, 2.45) is 0 Å². The molecule has 1 aromatic heterocycles. The number of rotatable bonds is 1. The number of H-pyrrole nitrogens is 1. The minimum atomic E-state index is -0.241. The first-order chi connectivity index (χ1) is 12.3. The molecule has 4 rings (SSSR count). The SMILES string of the molecule is CCOC(=O)N1CCc2ccccc2Cc2c[nH]c3cccc(c23)C1. The molecule has 0 bridgehead atoms. The molecule has 1 amide bonds. The Bertz CT molecular complexity index is 913. The van der Waals surface area contributed by atoms with E-state index in [0.717, 1.165) is 18.4 Å². The summed E-state index contributed by atoms with van der Waals surface area (Å²) in [7, 11) is 0. The van der Waals surface area contributed by atoms with Crippen LogP contribution in [0.4, 0.5) is 4.79 Å². The van der Waals surface area contributed by atoms with Crippen LogP contribution in [0.25, 0.3) is 10.9 Å². The summed E-state index contributed by atoms with van der Waals surface area (Å²) in [4.78, 5) is 17.6. The van der Waals surface area contributed by atoms with Crippen LogP contribution in [0.15, 0.2) is 48.7 Å². The van der Waals surface area contributed by atoms with Gasteiger partial charge in [0.15, 0.2) is 0 Å². The first kappa shape index (κ1) is 15.8. The third-order valence-electron chi connectivity index (χ3n) is 4.91. The summed E-state index contributed by atoms with van der Waals surface area (Å²) in [6.07, 6.45) is 3.60. The predicted octanol–water partition coefficient (Wildman–Crippen LogP) is 4.27. The van der Waals surface area contributed by atoms with Crippen molar-refractivity contribution in [3.05, 3.63) is 70.9 Å². The second-order valence-electron chi connectivity index (χ2n) is 6.47. The maximum atomic E-state index is 12.4. The van der Waals surface area contributed by atoms with Gasteiger partial charge < -0.3 is 14.6 Å². The Morgan fingerprint density at radius 1 is 1.08 bits per heavy atom. The molecule has 1 N–H and O–H groups in total. The highest BCUT2D eigenvalue weighted by Crippen LogP contribution is 2.28. The van der Waals surface area contributed by atoms with Crippen LogP contribution in [0.2, 0.25) is 0 Å². The summed E-state index contributed by atoms with van der Waals surface area (Å²) in [6, 6.07) is 14.8. The van der Waals surface area contributed by atoms with Gasteiger partial charge in [-0.05, 0) is 48.1 Å². The van der Waals surface area contributed by atoms with E-state index in [-0.39, 0.29) is 6.09 Å². The topological polar surface area (TPSA) is 45.3 Å². The summed E-state index contributed by atoms with van der Waals surface area (Å²) < 4.78 is 5.28. The Morgan fingerprint density at radius 3 is 2.72 bits per heavy atom. The zero-order valence-electron chi connectivity index (χ0n) is 14.4. The maximum Gasteiger partial charge on any atom is 0.410 e. The second kappa shape index (κ2) is 6.63. The molecule has 0 aliphatic carbocycles. The zero-order chi connectivity index (χ0) is 17.2. The first-order valence-electron chi connectivity index (χ1n) is 8.82. The lowest BCUT2D eigenvalue weighted by molar-refractivity contribution is 0.105. The van der Waals surface area contributed by atoms with Gasteiger partial charge in [0, 0.05) is 30.2 Å². The summed E-state index contributed by atoms with van der Waals surface area (Å²) in [5.41, 5.74) is 6.19. The molecule has 0 saturated carbocycles. The van der Waals surface area contributed by atoms with E-state index in [1.54, 1.807) is 0 Å². The highest BCUT2D eigenvalue weighted by atomic mass is 16.6. The number of benzene rings is 2. The maximum absolute atomic E-state index is 12.4. The van der Waals surface area contributed by atoms with Gasteiger partial charge in [0.2, 0.25) is 0 Å². The number of nitrogens with zero attached hydrogens (tertiary/aromatic N) is 1. The number of aromatic nitrogens is 1. The smallest absolute Gasteiger partial charge is 0.410 e. The Balaban J connectivity index is 1.84. The van der Waals surface area contributed by atoms with E-state index in [4.69, 9.17) is 4.74 Å². The number of nitrogens with one attached hydrogen (secondary N) is 1. The van der Waals surface area contributed by atoms with Crippen LogP contribution in [0.3, 0.4) is 0 Å². The van der Waals surface area contributed by atoms with E-state index in [2.05, 4.69) is 47.6 Å². The molecular weight excluding hydrogens is 312 g/mol. The van der Waals surface area contributed by atoms with Crippen molar-refractivity contribution >= 4 is 17.0 Å². The van der Waals surface area contributed by atoms with Crippen LogP contribution >= 0.6 is 0 Å². The number of hydrogen-bond acceptors (Lipinski definition) is 2. The van der Waals surface area contributed by atoms with Gasteiger partial charge in [-0.15, -0.1) is 0 Å². The summed E-state index contributed by atoms with van der Waals surface area (Å²) in [6.45, 7) is 3.47. The molecular formula is C21H22N2O2. The molecule has 1 aliphatic heterocycles. The lowest BCUT2D eigenvalue weighted by Crippen LogP contribution is -2.33. The molecule has 0 unspecified atom stereocenters. The Labute approximate surface area is 147 Å². The Morgan fingerprint density at radius 2 is 1.88 bits per heavy atom. The van der Waals surface area contributed by atoms with Crippen LogP contribution in [-0.4, -0.2) is 29.1 Å². The van der Waals surface area contributed by atoms with Crippen molar-refractivity contribution in [3.8, 4) is 0 Å². The highest BCUT2D eigenvalue weighted by Gasteiger charge is 2.20. The Kier molecular flexibility index (Phi) is 4.18. The molecule has 0 radical (unpaired) electrons. The largest absolute Gasteiger partial charge is 0.450 e. The zero-order valence-corrected chi connectivity index (χ0v) is 14.4. The third kappa shape index (κ3) is 3.00. The summed E-state index contributed by atoms with van der Waals surface area (Å²) in [5.74, 6) is 0. The van der Waals surface area contributed by atoms with Gasteiger partial charge in [0.05, 0.1) is 6.61 Å². The van der Waals surface area contributed by atoms with Crippen molar-refractivity contribution in [2.75, 3.05) is 13.2 Å². The quantitative estimate of drug-likeness (QED) is 0.722. The van der Waals surface area contributed by atoms with Crippen LogP contribution < -0.4 is 0 Å². The van der Waals surface area contributed by atoms with Crippen LogP contribution in [0.1, 0.15) is 29.2 Å². The average Bonchev–Trinajstić information content (AvgIpc) is 3.04. The van der Waals surface area contributed by atoms with Crippen LogP contribution in [0.5, 0.6) is 0 Å². The number of ether oxygens (including phenoxy) is 1. The monoisotopic (exact) mass is 334 g/mol. The fourth-order valence-corrected chi connectivity index (χ4v) is 3.70. The van der Waals surface area contributed by atoms with Gasteiger partial charge >= 0.3 is 6.09 Å². The van der Waals surface area contributed by atoms with Gasteiger partial charge in [0.25, 0.3) is 0 Å². The van der Waals surface area contributed by atoms with Crippen molar-refractivity contribution < 1.29 is 9.53 Å². The molecule has 1 aliphatic rings.